The van der Waals surface area contributed by atoms with Crippen LogP contribution in [0.2, 0.25) is 10.0 Å². The summed E-state index contributed by atoms with van der Waals surface area (Å²) in [4.78, 5) is 43.4. The number of nitriles is 1. The Morgan fingerprint density at radius 1 is 1.07 bits per heavy atom. The van der Waals surface area contributed by atoms with Crippen molar-refractivity contribution in [2.24, 2.45) is 0 Å². The number of nitrogens with zero attached hydrogens (tertiary/aromatic N) is 4. The van der Waals surface area contributed by atoms with Crippen LogP contribution in [0.15, 0.2) is 24.3 Å². The summed E-state index contributed by atoms with van der Waals surface area (Å²) in [6.45, 7) is 9.30. The van der Waals surface area contributed by atoms with Crippen molar-refractivity contribution in [3.8, 4) is 6.07 Å². The SMILES string of the molecule is C[C@H]1c2c(Cl)cc(Cl)cc2CCN1C(=O)CNc1cc(NC(=O)CN2CCN(C(=O)OC(C)(C)C)CC2)c(C#N)cc1F. The molecular formula is C30H35Cl2FN6O4. The second kappa shape index (κ2) is 13.4. The van der Waals surface area contributed by atoms with E-state index in [2.05, 4.69) is 10.6 Å². The van der Waals surface area contributed by atoms with Gasteiger partial charge in [-0.1, -0.05) is 23.2 Å². The van der Waals surface area contributed by atoms with Crippen molar-refractivity contribution in [3.63, 3.8) is 0 Å². The number of ether oxygens (including phenoxy) is 1. The summed E-state index contributed by atoms with van der Waals surface area (Å²) in [5.74, 6) is -1.38. The van der Waals surface area contributed by atoms with Crippen LogP contribution in [0, 0.1) is 17.1 Å². The van der Waals surface area contributed by atoms with Crippen LogP contribution < -0.4 is 10.6 Å². The Balaban J connectivity index is 1.35. The molecule has 2 aliphatic rings. The van der Waals surface area contributed by atoms with Gasteiger partial charge in [-0.3, -0.25) is 14.5 Å². The summed E-state index contributed by atoms with van der Waals surface area (Å²) in [5.41, 5.74) is 1.29. The predicted octanol–water partition coefficient (Wildman–Crippen LogP) is 5.05. The van der Waals surface area contributed by atoms with Crippen molar-refractivity contribution < 1.29 is 23.5 Å². The summed E-state index contributed by atoms with van der Waals surface area (Å²) in [7, 11) is 0. The van der Waals surface area contributed by atoms with Gasteiger partial charge in [-0.05, 0) is 69.5 Å². The highest BCUT2D eigenvalue weighted by Gasteiger charge is 2.30. The number of hydrogen-bond acceptors (Lipinski definition) is 7. The second-order valence-corrected chi connectivity index (χ2v) is 12.5. The lowest BCUT2D eigenvalue weighted by Crippen LogP contribution is -2.51. The molecule has 13 heteroatoms. The maximum Gasteiger partial charge on any atom is 0.410 e. The van der Waals surface area contributed by atoms with Gasteiger partial charge in [-0.2, -0.15) is 5.26 Å². The summed E-state index contributed by atoms with van der Waals surface area (Å²) < 4.78 is 20.3. The minimum Gasteiger partial charge on any atom is -0.444 e. The Morgan fingerprint density at radius 2 is 1.77 bits per heavy atom. The molecular weight excluding hydrogens is 598 g/mol. The number of fused-ring (bicyclic) bond motifs is 1. The maximum atomic E-state index is 14.9. The first-order chi connectivity index (χ1) is 20.3. The summed E-state index contributed by atoms with van der Waals surface area (Å²) in [5, 5.41) is 16.1. The average molecular weight is 634 g/mol. The number of carbonyl (C=O) groups is 3. The summed E-state index contributed by atoms with van der Waals surface area (Å²) in [6.07, 6.45) is 0.191. The van der Waals surface area contributed by atoms with Crippen molar-refractivity contribution in [3.05, 3.63) is 56.8 Å². The van der Waals surface area contributed by atoms with Gasteiger partial charge in [0.25, 0.3) is 0 Å². The first-order valence-electron chi connectivity index (χ1n) is 14.0. The van der Waals surface area contributed by atoms with E-state index >= 15 is 0 Å². The molecule has 2 heterocycles. The van der Waals surface area contributed by atoms with Gasteiger partial charge < -0.3 is 25.2 Å². The predicted molar refractivity (Wildman–Crippen MR) is 163 cm³/mol. The molecule has 2 aromatic rings. The molecule has 0 radical (unpaired) electrons. The van der Waals surface area contributed by atoms with Crippen molar-refractivity contribution in [1.82, 2.24) is 14.7 Å². The zero-order valence-corrected chi connectivity index (χ0v) is 26.1. The fourth-order valence-corrected chi connectivity index (χ4v) is 5.92. The standard InChI is InChI=1S/C30H35Cl2FN6O4/c1-18-28-19(11-21(31)13-22(28)32)5-6-39(18)27(41)16-35-25-14-24(20(15-34)12-23(25)33)36-26(40)17-37-7-9-38(10-8-37)29(42)43-30(2,3)4/h11-14,18,35H,5-10,16-17H2,1-4H3,(H,36,40)/t18-/m0/s1. The largest absolute Gasteiger partial charge is 0.444 e. The van der Waals surface area contributed by atoms with Crippen LogP contribution in [-0.4, -0.2) is 84.0 Å². The number of halogens is 3. The molecule has 2 N–H and O–H groups in total. The summed E-state index contributed by atoms with van der Waals surface area (Å²) >= 11 is 12.6. The number of benzene rings is 2. The molecule has 2 aromatic carbocycles. The Bertz CT molecular complexity index is 1450. The van der Waals surface area contributed by atoms with Crippen molar-refractivity contribution in [1.29, 1.82) is 5.26 Å². The lowest BCUT2D eigenvalue weighted by Gasteiger charge is -2.36. The van der Waals surface area contributed by atoms with E-state index in [4.69, 9.17) is 27.9 Å². The molecule has 1 fully saturated rings. The monoisotopic (exact) mass is 632 g/mol. The van der Waals surface area contributed by atoms with E-state index in [1.165, 1.54) is 6.07 Å². The first kappa shape index (κ1) is 32.3. The van der Waals surface area contributed by atoms with Crippen molar-refractivity contribution in [2.45, 2.75) is 45.8 Å². The molecule has 10 nitrogen and oxygen atoms in total. The highest BCUT2D eigenvalue weighted by Crippen LogP contribution is 2.37. The van der Waals surface area contributed by atoms with Gasteiger partial charge >= 0.3 is 6.09 Å². The number of hydrogen-bond donors (Lipinski definition) is 2. The third-order valence-electron chi connectivity index (χ3n) is 7.33. The Hall–Kier alpha value is -3.59. The smallest absolute Gasteiger partial charge is 0.410 e. The van der Waals surface area contributed by atoms with Crippen LogP contribution in [-0.2, 0) is 20.7 Å². The number of anilines is 2. The number of piperazine rings is 1. The van der Waals surface area contributed by atoms with Crippen LogP contribution in [0.1, 0.15) is 50.4 Å². The third-order valence-corrected chi connectivity index (χ3v) is 7.86. The molecule has 2 aliphatic heterocycles. The van der Waals surface area contributed by atoms with E-state index in [0.29, 0.717) is 49.2 Å². The Labute approximate surface area is 260 Å². The van der Waals surface area contributed by atoms with Gasteiger partial charge in [0.2, 0.25) is 11.8 Å². The normalized spacial score (nSPS) is 17.1. The zero-order chi connectivity index (χ0) is 31.5. The molecule has 0 unspecified atom stereocenters. The maximum absolute atomic E-state index is 14.9. The van der Waals surface area contributed by atoms with Crippen LogP contribution >= 0.6 is 23.2 Å². The van der Waals surface area contributed by atoms with E-state index < -0.39 is 23.4 Å². The van der Waals surface area contributed by atoms with Gasteiger partial charge in [-0.15, -0.1) is 0 Å². The zero-order valence-electron chi connectivity index (χ0n) is 24.6. The lowest BCUT2D eigenvalue weighted by molar-refractivity contribution is -0.131. The van der Waals surface area contributed by atoms with Gasteiger partial charge in [0, 0.05) is 42.8 Å². The Kier molecular flexibility index (Phi) is 10.1. The molecule has 4 rings (SSSR count). The molecule has 0 spiro atoms. The van der Waals surface area contributed by atoms with Gasteiger partial charge in [0.05, 0.1) is 36.1 Å². The molecule has 0 aliphatic carbocycles. The van der Waals surface area contributed by atoms with E-state index in [1.54, 1.807) is 36.6 Å². The molecule has 1 atom stereocenters. The molecule has 0 saturated carbocycles. The first-order valence-corrected chi connectivity index (χ1v) is 14.8. The van der Waals surface area contributed by atoms with E-state index in [9.17, 15) is 24.0 Å². The van der Waals surface area contributed by atoms with Gasteiger partial charge in [-0.25, -0.2) is 9.18 Å². The fourth-order valence-electron chi connectivity index (χ4n) is 5.23. The number of carbonyl (C=O) groups excluding carboxylic acids is 3. The van der Waals surface area contributed by atoms with Crippen LogP contribution in [0.25, 0.3) is 0 Å². The minimum atomic E-state index is -0.727. The van der Waals surface area contributed by atoms with Crippen LogP contribution in [0.4, 0.5) is 20.6 Å². The highest BCUT2D eigenvalue weighted by molar-refractivity contribution is 6.35. The summed E-state index contributed by atoms with van der Waals surface area (Å²) in [6, 6.07) is 7.44. The van der Waals surface area contributed by atoms with Crippen molar-refractivity contribution >= 4 is 52.5 Å². The van der Waals surface area contributed by atoms with Crippen molar-refractivity contribution in [2.75, 3.05) is 56.4 Å². The van der Waals surface area contributed by atoms with Gasteiger partial charge in [0.1, 0.15) is 17.5 Å². The third kappa shape index (κ3) is 8.07. The number of amides is 3. The van der Waals surface area contributed by atoms with E-state index in [1.807, 2.05) is 24.0 Å². The average Bonchev–Trinajstić information content (AvgIpc) is 2.92. The quantitative estimate of drug-likeness (QED) is 0.457. The number of rotatable bonds is 6. The van der Waals surface area contributed by atoms with E-state index in [-0.39, 0.29) is 42.0 Å². The Morgan fingerprint density at radius 3 is 2.42 bits per heavy atom. The molecule has 43 heavy (non-hydrogen) atoms. The molecule has 0 bridgehead atoms. The minimum absolute atomic E-state index is 0.0216. The molecule has 1 saturated heterocycles. The highest BCUT2D eigenvalue weighted by atomic mass is 35.5. The van der Waals surface area contributed by atoms with Crippen LogP contribution in [0.5, 0.6) is 0 Å². The molecule has 3 amide bonds. The number of nitrogens with one attached hydrogen (secondary N) is 2. The molecule has 0 aromatic heterocycles. The van der Waals surface area contributed by atoms with Gasteiger partial charge in [0.15, 0.2) is 0 Å². The molecule has 230 valence electrons. The topological polar surface area (TPSA) is 118 Å². The second-order valence-electron chi connectivity index (χ2n) is 11.6. The van der Waals surface area contributed by atoms with Crippen LogP contribution in [0.3, 0.4) is 0 Å². The fraction of sp³-hybridized carbons (Fsp3) is 0.467. The lowest BCUT2D eigenvalue weighted by atomic mass is 9.93. The van der Waals surface area contributed by atoms with E-state index in [0.717, 1.165) is 17.2 Å².